The number of carbonyl (C=O) groups is 1. The van der Waals surface area contributed by atoms with Gasteiger partial charge in [0.1, 0.15) is 5.78 Å². The van der Waals surface area contributed by atoms with Crippen LogP contribution in [0.1, 0.15) is 33.1 Å². The molecule has 0 aliphatic heterocycles. The van der Waals surface area contributed by atoms with Crippen molar-refractivity contribution >= 4 is 5.78 Å². The lowest BCUT2D eigenvalue weighted by molar-refractivity contribution is -0.130. The molecule has 0 saturated heterocycles. The molecule has 1 aliphatic carbocycles. The Hall–Kier alpha value is -0.590. The summed E-state index contributed by atoms with van der Waals surface area (Å²) in [5, 5.41) is 0. The Morgan fingerprint density at radius 1 is 1.73 bits per heavy atom. The third-order valence-corrected chi connectivity index (χ3v) is 3.09. The highest BCUT2D eigenvalue weighted by molar-refractivity contribution is 5.87. The summed E-state index contributed by atoms with van der Waals surface area (Å²) in [6, 6.07) is 0. The molecule has 0 N–H and O–H groups in total. The summed E-state index contributed by atoms with van der Waals surface area (Å²) in [6.07, 6.45) is 4.78. The smallest absolute Gasteiger partial charge is 0.142 e. The molecule has 1 rings (SSSR count). The van der Waals surface area contributed by atoms with Crippen molar-refractivity contribution in [3.8, 4) is 0 Å². The lowest BCUT2D eigenvalue weighted by Crippen LogP contribution is -2.35. The van der Waals surface area contributed by atoms with E-state index in [0.29, 0.717) is 11.7 Å². The standard InChI is InChI=1S/C10H16O/c1-4-10(3)8(2)6-5-7-9(10)11/h4,8H,1,5-7H2,2-3H3/t8-,10+/m1/s1. The molecule has 0 unspecified atom stereocenters. The number of allylic oxidation sites excluding steroid dienone is 1. The summed E-state index contributed by atoms with van der Waals surface area (Å²) in [5.41, 5.74) is -0.238. The van der Waals surface area contributed by atoms with E-state index < -0.39 is 0 Å². The minimum absolute atomic E-state index is 0.238. The average molecular weight is 152 g/mol. The Morgan fingerprint density at radius 3 is 2.73 bits per heavy atom. The first-order valence-electron chi connectivity index (χ1n) is 4.28. The normalized spacial score (nSPS) is 38.7. The maximum atomic E-state index is 11.5. The van der Waals surface area contributed by atoms with Crippen LogP contribution in [0, 0.1) is 11.3 Å². The molecular formula is C10H16O. The fraction of sp³-hybridized carbons (Fsp3) is 0.700. The van der Waals surface area contributed by atoms with Gasteiger partial charge in [0.2, 0.25) is 0 Å². The van der Waals surface area contributed by atoms with Gasteiger partial charge in [0.15, 0.2) is 0 Å². The fourth-order valence-electron chi connectivity index (χ4n) is 1.73. The second kappa shape index (κ2) is 2.80. The first-order valence-corrected chi connectivity index (χ1v) is 4.28. The van der Waals surface area contributed by atoms with Crippen LogP contribution in [-0.2, 0) is 4.79 Å². The molecule has 0 amide bonds. The van der Waals surface area contributed by atoms with Crippen LogP contribution in [0.2, 0.25) is 0 Å². The topological polar surface area (TPSA) is 17.1 Å². The molecule has 1 fully saturated rings. The van der Waals surface area contributed by atoms with Crippen LogP contribution in [0.3, 0.4) is 0 Å². The predicted molar refractivity (Wildman–Crippen MR) is 46.3 cm³/mol. The maximum absolute atomic E-state index is 11.5. The minimum atomic E-state index is -0.238. The number of hydrogen-bond donors (Lipinski definition) is 0. The van der Waals surface area contributed by atoms with Crippen molar-refractivity contribution < 1.29 is 4.79 Å². The molecule has 0 aromatic carbocycles. The third kappa shape index (κ3) is 1.24. The van der Waals surface area contributed by atoms with E-state index in [9.17, 15) is 4.79 Å². The highest BCUT2D eigenvalue weighted by Crippen LogP contribution is 2.38. The Labute approximate surface area is 68.5 Å². The molecule has 0 aromatic heterocycles. The zero-order valence-corrected chi connectivity index (χ0v) is 7.39. The quantitative estimate of drug-likeness (QED) is 0.528. The van der Waals surface area contributed by atoms with Gasteiger partial charge >= 0.3 is 0 Å². The molecule has 1 nitrogen and oxygen atoms in total. The second-order valence-electron chi connectivity index (χ2n) is 3.70. The lowest BCUT2D eigenvalue weighted by Gasteiger charge is -2.35. The van der Waals surface area contributed by atoms with Crippen molar-refractivity contribution in [2.75, 3.05) is 0 Å². The van der Waals surface area contributed by atoms with Crippen molar-refractivity contribution in [2.45, 2.75) is 33.1 Å². The molecule has 0 heterocycles. The molecule has 62 valence electrons. The molecule has 11 heavy (non-hydrogen) atoms. The fourth-order valence-corrected chi connectivity index (χ4v) is 1.73. The molecule has 0 radical (unpaired) electrons. The van der Waals surface area contributed by atoms with E-state index in [2.05, 4.69) is 13.5 Å². The average Bonchev–Trinajstić information content (AvgIpc) is 2.00. The molecule has 0 aromatic rings. The van der Waals surface area contributed by atoms with Gasteiger partial charge < -0.3 is 0 Å². The van der Waals surface area contributed by atoms with Crippen LogP contribution in [0.5, 0.6) is 0 Å². The summed E-state index contributed by atoms with van der Waals surface area (Å²) < 4.78 is 0. The van der Waals surface area contributed by atoms with Crippen molar-refractivity contribution in [1.82, 2.24) is 0 Å². The number of ketones is 1. The van der Waals surface area contributed by atoms with Gasteiger partial charge in [-0.25, -0.2) is 0 Å². The van der Waals surface area contributed by atoms with Crippen LogP contribution >= 0.6 is 0 Å². The van der Waals surface area contributed by atoms with Gasteiger partial charge in [-0.1, -0.05) is 13.0 Å². The molecule has 1 heteroatoms. The van der Waals surface area contributed by atoms with E-state index in [1.54, 1.807) is 0 Å². The molecular weight excluding hydrogens is 136 g/mol. The van der Waals surface area contributed by atoms with E-state index in [1.165, 1.54) is 0 Å². The monoisotopic (exact) mass is 152 g/mol. The number of rotatable bonds is 1. The van der Waals surface area contributed by atoms with Crippen LogP contribution in [-0.4, -0.2) is 5.78 Å². The third-order valence-electron chi connectivity index (χ3n) is 3.09. The first kappa shape index (κ1) is 8.51. The Morgan fingerprint density at radius 2 is 2.36 bits per heavy atom. The van der Waals surface area contributed by atoms with Crippen LogP contribution in [0.15, 0.2) is 12.7 Å². The number of hydrogen-bond acceptors (Lipinski definition) is 1. The van der Waals surface area contributed by atoms with E-state index in [1.807, 2.05) is 13.0 Å². The lowest BCUT2D eigenvalue weighted by atomic mass is 9.68. The van der Waals surface area contributed by atoms with Gasteiger partial charge in [-0.2, -0.15) is 0 Å². The first-order chi connectivity index (χ1) is 5.11. The Kier molecular flexibility index (Phi) is 2.17. The maximum Gasteiger partial charge on any atom is 0.142 e. The molecule has 1 aliphatic rings. The summed E-state index contributed by atoms with van der Waals surface area (Å²) in [6.45, 7) is 7.88. The highest BCUT2D eigenvalue weighted by Gasteiger charge is 2.37. The second-order valence-corrected chi connectivity index (χ2v) is 3.70. The summed E-state index contributed by atoms with van der Waals surface area (Å²) in [4.78, 5) is 11.5. The predicted octanol–water partition coefficient (Wildman–Crippen LogP) is 2.57. The van der Waals surface area contributed by atoms with Gasteiger partial charge in [0.25, 0.3) is 0 Å². The van der Waals surface area contributed by atoms with Crippen molar-refractivity contribution in [3.05, 3.63) is 12.7 Å². The summed E-state index contributed by atoms with van der Waals surface area (Å²) in [5.74, 6) is 0.840. The molecule has 0 spiro atoms. The van der Waals surface area contributed by atoms with E-state index in [-0.39, 0.29) is 5.41 Å². The van der Waals surface area contributed by atoms with E-state index in [4.69, 9.17) is 0 Å². The molecule has 2 atom stereocenters. The van der Waals surface area contributed by atoms with Gasteiger partial charge in [-0.15, -0.1) is 6.58 Å². The van der Waals surface area contributed by atoms with Crippen LogP contribution in [0.4, 0.5) is 0 Å². The highest BCUT2D eigenvalue weighted by atomic mass is 16.1. The van der Waals surface area contributed by atoms with Gasteiger partial charge in [-0.05, 0) is 25.7 Å². The van der Waals surface area contributed by atoms with Crippen LogP contribution < -0.4 is 0 Å². The van der Waals surface area contributed by atoms with Crippen molar-refractivity contribution in [1.29, 1.82) is 0 Å². The number of carbonyl (C=O) groups excluding carboxylic acids is 1. The largest absolute Gasteiger partial charge is 0.299 e. The van der Waals surface area contributed by atoms with Crippen molar-refractivity contribution in [2.24, 2.45) is 11.3 Å². The molecule has 1 saturated carbocycles. The SMILES string of the molecule is C=C[C@]1(C)C(=O)CCC[C@H]1C. The van der Waals surface area contributed by atoms with Gasteiger partial charge in [0, 0.05) is 11.8 Å². The Bertz CT molecular complexity index is 183. The number of Topliss-reactive ketones (excluding diaryl/α,β-unsaturated/α-hetero) is 1. The van der Waals surface area contributed by atoms with Crippen molar-refractivity contribution in [3.63, 3.8) is 0 Å². The van der Waals surface area contributed by atoms with Gasteiger partial charge in [0.05, 0.1) is 0 Å². The van der Waals surface area contributed by atoms with Gasteiger partial charge in [-0.3, -0.25) is 4.79 Å². The zero-order valence-electron chi connectivity index (χ0n) is 7.39. The summed E-state index contributed by atoms with van der Waals surface area (Å²) in [7, 11) is 0. The molecule has 0 bridgehead atoms. The van der Waals surface area contributed by atoms with E-state index in [0.717, 1.165) is 19.3 Å². The minimum Gasteiger partial charge on any atom is -0.299 e. The van der Waals surface area contributed by atoms with Crippen LogP contribution in [0.25, 0.3) is 0 Å². The Balaban J connectivity index is 2.86. The zero-order chi connectivity index (χ0) is 8.48. The summed E-state index contributed by atoms with van der Waals surface area (Å²) >= 11 is 0. The van der Waals surface area contributed by atoms with E-state index >= 15 is 0 Å².